The summed E-state index contributed by atoms with van der Waals surface area (Å²) in [6.07, 6.45) is 2.87. The number of carbonyl (C=O) groups is 1. The van der Waals surface area contributed by atoms with Crippen LogP contribution in [0.25, 0.3) is 5.57 Å². The molecule has 4 aromatic carbocycles. The first-order valence-electron chi connectivity index (χ1n) is 15.0. The molecule has 1 saturated heterocycles. The second-order valence-corrected chi connectivity index (χ2v) is 10.9. The van der Waals surface area contributed by atoms with E-state index in [4.69, 9.17) is 14.2 Å². The second kappa shape index (κ2) is 15.1. The molecule has 222 valence electrons. The Bertz CT molecular complexity index is 1470. The van der Waals surface area contributed by atoms with Crippen LogP contribution >= 0.6 is 0 Å². The topological polar surface area (TPSA) is 60.0 Å². The summed E-state index contributed by atoms with van der Waals surface area (Å²) < 4.78 is 16.9. The highest BCUT2D eigenvalue weighted by atomic mass is 16.6. The van der Waals surface area contributed by atoms with Crippen LogP contribution in [0.3, 0.4) is 0 Å². The van der Waals surface area contributed by atoms with E-state index in [-0.39, 0.29) is 0 Å². The Morgan fingerprint density at radius 1 is 0.744 bits per heavy atom. The van der Waals surface area contributed by atoms with Crippen LogP contribution in [0.4, 0.5) is 4.79 Å². The van der Waals surface area contributed by atoms with Gasteiger partial charge in [0.25, 0.3) is 0 Å². The van der Waals surface area contributed by atoms with E-state index in [1.54, 1.807) is 7.11 Å². The van der Waals surface area contributed by atoms with E-state index >= 15 is 0 Å². The average Bonchev–Trinajstić information content (AvgIpc) is 3.56. The first kappa shape index (κ1) is 29.9. The van der Waals surface area contributed by atoms with Gasteiger partial charge in [0, 0.05) is 13.1 Å². The number of likely N-dealkylation sites (tertiary alicyclic amines) is 1. The maximum absolute atomic E-state index is 12.4. The Morgan fingerprint density at radius 3 is 1.98 bits per heavy atom. The highest BCUT2D eigenvalue weighted by Gasteiger charge is 2.13. The molecule has 0 spiro atoms. The molecule has 0 bridgehead atoms. The molecule has 1 N–H and O–H groups in total. The van der Waals surface area contributed by atoms with Gasteiger partial charge in [-0.3, -0.25) is 4.90 Å². The van der Waals surface area contributed by atoms with E-state index in [1.165, 1.54) is 37.1 Å². The number of allylic oxidation sites excluding steroid dienone is 1. The van der Waals surface area contributed by atoms with Crippen molar-refractivity contribution in [3.63, 3.8) is 0 Å². The van der Waals surface area contributed by atoms with Gasteiger partial charge >= 0.3 is 6.09 Å². The Morgan fingerprint density at radius 2 is 1.35 bits per heavy atom. The molecule has 43 heavy (non-hydrogen) atoms. The molecule has 1 amide bonds. The van der Waals surface area contributed by atoms with Crippen molar-refractivity contribution in [1.29, 1.82) is 0 Å². The molecule has 4 aromatic rings. The minimum atomic E-state index is -0.483. The van der Waals surface area contributed by atoms with Crippen molar-refractivity contribution in [2.24, 2.45) is 0 Å². The van der Waals surface area contributed by atoms with Crippen molar-refractivity contribution in [3.05, 3.63) is 131 Å². The largest absolute Gasteiger partial charge is 0.497 e. The minimum absolute atomic E-state index is 0.410. The lowest BCUT2D eigenvalue weighted by Crippen LogP contribution is -2.26. The molecule has 1 heterocycles. The lowest BCUT2D eigenvalue weighted by atomic mass is 9.90. The molecule has 0 atom stereocenters. The molecule has 0 radical (unpaired) electrons. The van der Waals surface area contributed by atoms with Gasteiger partial charge in [-0.05, 0) is 104 Å². The summed E-state index contributed by atoms with van der Waals surface area (Å²) in [5, 5.41) is 2.81. The van der Waals surface area contributed by atoms with Crippen LogP contribution in [-0.2, 0) is 13.0 Å². The minimum Gasteiger partial charge on any atom is -0.497 e. The third kappa shape index (κ3) is 8.72. The molecule has 6 heteroatoms. The van der Waals surface area contributed by atoms with E-state index in [0.29, 0.717) is 18.9 Å². The SMILES string of the molecule is COc1ccc(C/C(C)=C(/c2ccc(OCCN3CCCC3)cc2)c2ccc(OC(=O)NCc3ccccc3)cc2)cc1. The van der Waals surface area contributed by atoms with Crippen LogP contribution in [0.15, 0.2) is 109 Å². The molecule has 1 fully saturated rings. The Labute approximate surface area is 254 Å². The van der Waals surface area contributed by atoms with E-state index < -0.39 is 6.09 Å². The smallest absolute Gasteiger partial charge is 0.412 e. The zero-order valence-electron chi connectivity index (χ0n) is 25.1. The highest BCUT2D eigenvalue weighted by Crippen LogP contribution is 2.31. The monoisotopic (exact) mass is 576 g/mol. The maximum atomic E-state index is 12.4. The molecule has 0 aromatic heterocycles. The van der Waals surface area contributed by atoms with E-state index in [0.717, 1.165) is 46.7 Å². The fourth-order valence-electron chi connectivity index (χ4n) is 5.42. The van der Waals surface area contributed by atoms with Gasteiger partial charge in [0.05, 0.1) is 7.11 Å². The number of carbonyl (C=O) groups excluding carboxylic acids is 1. The van der Waals surface area contributed by atoms with E-state index in [2.05, 4.69) is 53.5 Å². The van der Waals surface area contributed by atoms with Gasteiger partial charge in [0.15, 0.2) is 0 Å². The summed E-state index contributed by atoms with van der Waals surface area (Å²) in [6, 6.07) is 34.0. The number of amides is 1. The van der Waals surface area contributed by atoms with Crippen LogP contribution in [0, 0.1) is 0 Å². The van der Waals surface area contributed by atoms with Gasteiger partial charge in [0.1, 0.15) is 23.9 Å². The Balaban J connectivity index is 1.31. The van der Waals surface area contributed by atoms with Crippen molar-refractivity contribution in [1.82, 2.24) is 10.2 Å². The molecule has 1 aliphatic rings. The Hall–Kier alpha value is -4.55. The predicted molar refractivity (Wildman–Crippen MR) is 172 cm³/mol. The third-order valence-electron chi connectivity index (χ3n) is 7.71. The zero-order valence-corrected chi connectivity index (χ0v) is 25.1. The molecule has 0 saturated carbocycles. The number of benzene rings is 4. The predicted octanol–water partition coefficient (Wildman–Crippen LogP) is 7.52. The van der Waals surface area contributed by atoms with Gasteiger partial charge in [0.2, 0.25) is 0 Å². The quantitative estimate of drug-likeness (QED) is 0.189. The number of ether oxygens (including phenoxy) is 3. The summed E-state index contributed by atoms with van der Waals surface area (Å²) in [5.41, 5.74) is 6.73. The summed E-state index contributed by atoms with van der Waals surface area (Å²) in [6.45, 7) is 6.58. The van der Waals surface area contributed by atoms with E-state index in [9.17, 15) is 4.79 Å². The lowest BCUT2D eigenvalue weighted by molar-refractivity contribution is 0.200. The van der Waals surface area contributed by atoms with Crippen LogP contribution in [-0.4, -0.2) is 44.3 Å². The third-order valence-corrected chi connectivity index (χ3v) is 7.71. The lowest BCUT2D eigenvalue weighted by Gasteiger charge is -2.17. The first-order chi connectivity index (χ1) is 21.1. The summed E-state index contributed by atoms with van der Waals surface area (Å²) in [4.78, 5) is 14.9. The normalized spacial score (nSPS) is 13.7. The molecule has 5 rings (SSSR count). The molecule has 0 aliphatic carbocycles. The van der Waals surface area contributed by atoms with Crippen molar-refractivity contribution >= 4 is 11.7 Å². The second-order valence-electron chi connectivity index (χ2n) is 10.9. The summed E-state index contributed by atoms with van der Waals surface area (Å²) >= 11 is 0. The molecular weight excluding hydrogens is 536 g/mol. The van der Waals surface area contributed by atoms with Gasteiger partial charge in [-0.15, -0.1) is 0 Å². The molecule has 6 nitrogen and oxygen atoms in total. The van der Waals surface area contributed by atoms with Crippen molar-refractivity contribution in [3.8, 4) is 17.2 Å². The number of hydrogen-bond donors (Lipinski definition) is 1. The first-order valence-corrected chi connectivity index (χ1v) is 15.0. The van der Waals surface area contributed by atoms with Crippen LogP contribution in [0.2, 0.25) is 0 Å². The summed E-state index contributed by atoms with van der Waals surface area (Å²) in [7, 11) is 1.68. The molecular formula is C37H40N2O4. The van der Waals surface area contributed by atoms with Crippen molar-refractivity contribution < 1.29 is 19.0 Å². The number of nitrogens with zero attached hydrogens (tertiary/aromatic N) is 1. The number of rotatable bonds is 12. The molecule has 1 aliphatic heterocycles. The maximum Gasteiger partial charge on any atom is 0.412 e. The fourth-order valence-corrected chi connectivity index (χ4v) is 5.42. The van der Waals surface area contributed by atoms with Gasteiger partial charge < -0.3 is 19.5 Å². The van der Waals surface area contributed by atoms with E-state index in [1.807, 2.05) is 66.7 Å². The van der Waals surface area contributed by atoms with Gasteiger partial charge in [-0.25, -0.2) is 4.79 Å². The highest BCUT2D eigenvalue weighted by molar-refractivity contribution is 5.83. The number of nitrogens with one attached hydrogen (secondary N) is 1. The van der Waals surface area contributed by atoms with Crippen LogP contribution in [0.5, 0.6) is 17.2 Å². The van der Waals surface area contributed by atoms with Crippen molar-refractivity contribution in [2.75, 3.05) is 33.4 Å². The zero-order chi connectivity index (χ0) is 29.9. The van der Waals surface area contributed by atoms with Gasteiger partial charge in [-0.2, -0.15) is 0 Å². The van der Waals surface area contributed by atoms with Crippen LogP contribution < -0.4 is 19.5 Å². The average molecular weight is 577 g/mol. The Kier molecular flexibility index (Phi) is 10.5. The molecule has 0 unspecified atom stereocenters. The van der Waals surface area contributed by atoms with Gasteiger partial charge in [-0.1, -0.05) is 72.3 Å². The number of methoxy groups -OCH3 is 1. The number of hydrogen-bond acceptors (Lipinski definition) is 5. The van der Waals surface area contributed by atoms with Crippen LogP contribution in [0.1, 0.15) is 42.0 Å². The van der Waals surface area contributed by atoms with Crippen molar-refractivity contribution in [2.45, 2.75) is 32.7 Å². The fraction of sp³-hybridized carbons (Fsp3) is 0.270. The standard InChI is InChI=1S/C37H40N2O4/c1-28(26-29-10-16-33(41-2)17-11-29)36(31-12-18-34(19-13-31)42-25-24-39-22-6-7-23-39)32-14-20-35(21-15-32)43-37(40)38-27-30-8-4-3-5-9-30/h3-5,8-21H,6-7,22-27H2,1-2H3,(H,38,40)/b36-28-. The summed E-state index contributed by atoms with van der Waals surface area (Å²) in [5.74, 6) is 2.21.